The van der Waals surface area contributed by atoms with Crippen LogP contribution in [-0.2, 0) is 6.42 Å². The van der Waals surface area contributed by atoms with Gasteiger partial charge in [-0.3, -0.25) is 0 Å². The van der Waals surface area contributed by atoms with E-state index in [1.165, 1.54) is 5.56 Å². The lowest BCUT2D eigenvalue weighted by atomic mass is 10.1. The number of hydrogen-bond acceptors (Lipinski definition) is 3. The molecule has 0 radical (unpaired) electrons. The van der Waals surface area contributed by atoms with Crippen LogP contribution < -0.4 is 5.32 Å². The number of aliphatic hydroxyl groups is 1. The molecule has 0 bridgehead atoms. The molecule has 0 aliphatic heterocycles. The van der Waals surface area contributed by atoms with Gasteiger partial charge < -0.3 is 15.4 Å². The summed E-state index contributed by atoms with van der Waals surface area (Å²) >= 11 is 0. The Hall–Kier alpha value is -1.39. The molecule has 15 heavy (non-hydrogen) atoms. The van der Waals surface area contributed by atoms with Gasteiger partial charge in [-0.2, -0.15) is 0 Å². The van der Waals surface area contributed by atoms with Crippen LogP contribution >= 0.6 is 0 Å². The first-order chi connectivity index (χ1) is 7.40. The third kappa shape index (κ3) is 2.55. The fraction of sp³-hybridized carbons (Fsp3) is 0.364. The van der Waals surface area contributed by atoms with Crippen molar-refractivity contribution in [2.24, 2.45) is 0 Å². The summed E-state index contributed by atoms with van der Waals surface area (Å²) in [5.41, 5.74) is 3.36. The highest BCUT2D eigenvalue weighted by Gasteiger charge is 1.97. The van der Waals surface area contributed by atoms with Gasteiger partial charge in [-0.05, 0) is 30.7 Å². The molecular formula is C11H15N3O. The molecule has 0 amide bonds. The second-order valence-corrected chi connectivity index (χ2v) is 3.48. The van der Waals surface area contributed by atoms with Crippen molar-refractivity contribution in [2.45, 2.75) is 6.42 Å². The van der Waals surface area contributed by atoms with E-state index in [0.717, 1.165) is 24.0 Å². The molecule has 0 fully saturated rings. The van der Waals surface area contributed by atoms with Crippen LogP contribution in [0.25, 0.3) is 11.0 Å². The van der Waals surface area contributed by atoms with E-state index in [9.17, 15) is 0 Å². The fourth-order valence-corrected chi connectivity index (χ4v) is 1.58. The Morgan fingerprint density at radius 2 is 2.27 bits per heavy atom. The molecule has 0 saturated heterocycles. The number of aliphatic hydroxyl groups excluding tert-OH is 1. The molecule has 1 heterocycles. The minimum Gasteiger partial charge on any atom is -0.395 e. The summed E-state index contributed by atoms with van der Waals surface area (Å²) in [5.74, 6) is 0. The normalized spacial score (nSPS) is 11.0. The molecule has 0 spiro atoms. The van der Waals surface area contributed by atoms with E-state index in [4.69, 9.17) is 5.11 Å². The molecule has 0 aliphatic carbocycles. The molecule has 3 N–H and O–H groups in total. The Labute approximate surface area is 88.3 Å². The third-order valence-corrected chi connectivity index (χ3v) is 2.36. The summed E-state index contributed by atoms with van der Waals surface area (Å²) < 4.78 is 0. The number of rotatable bonds is 5. The summed E-state index contributed by atoms with van der Waals surface area (Å²) in [6.45, 7) is 1.74. The third-order valence-electron chi connectivity index (χ3n) is 2.36. The quantitative estimate of drug-likeness (QED) is 0.629. The van der Waals surface area contributed by atoms with Crippen molar-refractivity contribution in [1.82, 2.24) is 15.3 Å². The average Bonchev–Trinajstić information content (AvgIpc) is 2.71. The Morgan fingerprint density at radius 1 is 1.33 bits per heavy atom. The number of H-pyrrole nitrogens is 1. The number of fused-ring (bicyclic) bond motifs is 1. The number of hydrogen-bond donors (Lipinski definition) is 3. The maximum absolute atomic E-state index is 8.60. The number of benzene rings is 1. The maximum atomic E-state index is 8.60. The monoisotopic (exact) mass is 205 g/mol. The summed E-state index contributed by atoms with van der Waals surface area (Å²) in [4.78, 5) is 7.26. The largest absolute Gasteiger partial charge is 0.395 e. The van der Waals surface area contributed by atoms with Crippen LogP contribution in [0, 0.1) is 0 Å². The molecule has 4 heteroatoms. The van der Waals surface area contributed by atoms with Crippen molar-refractivity contribution in [3.63, 3.8) is 0 Å². The van der Waals surface area contributed by atoms with Crippen LogP contribution in [0.4, 0.5) is 0 Å². The zero-order chi connectivity index (χ0) is 10.5. The second-order valence-electron chi connectivity index (χ2n) is 3.48. The van der Waals surface area contributed by atoms with E-state index in [1.807, 2.05) is 6.07 Å². The predicted octanol–water partition coefficient (Wildman–Crippen LogP) is 0.687. The molecule has 2 rings (SSSR count). The zero-order valence-electron chi connectivity index (χ0n) is 8.53. The van der Waals surface area contributed by atoms with Crippen molar-refractivity contribution in [3.05, 3.63) is 30.1 Å². The van der Waals surface area contributed by atoms with Crippen LogP contribution in [0.5, 0.6) is 0 Å². The highest BCUT2D eigenvalue weighted by molar-refractivity contribution is 5.74. The molecule has 4 nitrogen and oxygen atoms in total. The van der Waals surface area contributed by atoms with Gasteiger partial charge in [0.05, 0.1) is 24.0 Å². The lowest BCUT2D eigenvalue weighted by Gasteiger charge is -2.02. The molecule has 1 aromatic heterocycles. The first kappa shape index (κ1) is 10.1. The summed E-state index contributed by atoms with van der Waals surface area (Å²) in [6, 6.07) is 6.22. The van der Waals surface area contributed by atoms with E-state index < -0.39 is 0 Å². The summed E-state index contributed by atoms with van der Waals surface area (Å²) in [5, 5.41) is 11.8. The second kappa shape index (κ2) is 4.91. The van der Waals surface area contributed by atoms with Crippen molar-refractivity contribution in [1.29, 1.82) is 0 Å². The first-order valence-corrected chi connectivity index (χ1v) is 5.14. The first-order valence-electron chi connectivity index (χ1n) is 5.14. The van der Waals surface area contributed by atoms with Gasteiger partial charge >= 0.3 is 0 Å². The van der Waals surface area contributed by atoms with Crippen LogP contribution in [0.1, 0.15) is 5.56 Å². The fourth-order valence-electron chi connectivity index (χ4n) is 1.58. The van der Waals surface area contributed by atoms with Crippen LogP contribution in [-0.4, -0.2) is 34.8 Å². The van der Waals surface area contributed by atoms with Gasteiger partial charge in [0, 0.05) is 6.54 Å². The predicted molar refractivity (Wildman–Crippen MR) is 59.8 cm³/mol. The standard InChI is InChI=1S/C11H15N3O/c15-6-5-12-4-3-9-1-2-10-11(7-9)14-8-13-10/h1-2,7-8,12,15H,3-6H2,(H,13,14). The van der Waals surface area contributed by atoms with Gasteiger partial charge in [0.2, 0.25) is 0 Å². The van der Waals surface area contributed by atoms with Crippen LogP contribution in [0.3, 0.4) is 0 Å². The van der Waals surface area contributed by atoms with Crippen molar-refractivity contribution in [2.75, 3.05) is 19.7 Å². The topological polar surface area (TPSA) is 60.9 Å². The lowest BCUT2D eigenvalue weighted by Crippen LogP contribution is -2.20. The maximum Gasteiger partial charge on any atom is 0.0931 e. The minimum absolute atomic E-state index is 0.194. The molecule has 0 unspecified atom stereocenters. The smallest absolute Gasteiger partial charge is 0.0931 e. The van der Waals surface area contributed by atoms with Gasteiger partial charge in [0.15, 0.2) is 0 Å². The Morgan fingerprint density at radius 3 is 3.13 bits per heavy atom. The zero-order valence-corrected chi connectivity index (χ0v) is 8.53. The molecule has 0 saturated carbocycles. The van der Waals surface area contributed by atoms with E-state index >= 15 is 0 Å². The molecule has 0 atom stereocenters. The molecule has 2 aromatic rings. The van der Waals surface area contributed by atoms with E-state index in [0.29, 0.717) is 6.54 Å². The van der Waals surface area contributed by atoms with Crippen LogP contribution in [0.2, 0.25) is 0 Å². The van der Waals surface area contributed by atoms with Crippen molar-refractivity contribution < 1.29 is 5.11 Å². The van der Waals surface area contributed by atoms with Gasteiger partial charge in [-0.15, -0.1) is 0 Å². The molecule has 80 valence electrons. The average molecular weight is 205 g/mol. The summed E-state index contributed by atoms with van der Waals surface area (Å²) in [7, 11) is 0. The Balaban J connectivity index is 1.96. The summed E-state index contributed by atoms with van der Waals surface area (Å²) in [6.07, 6.45) is 2.67. The number of aromatic amines is 1. The van der Waals surface area contributed by atoms with Gasteiger partial charge in [0.1, 0.15) is 0 Å². The Kier molecular flexibility index (Phi) is 3.32. The van der Waals surface area contributed by atoms with E-state index in [-0.39, 0.29) is 6.61 Å². The van der Waals surface area contributed by atoms with Gasteiger partial charge in [-0.1, -0.05) is 6.07 Å². The van der Waals surface area contributed by atoms with E-state index in [1.54, 1.807) is 6.33 Å². The van der Waals surface area contributed by atoms with Crippen molar-refractivity contribution >= 4 is 11.0 Å². The van der Waals surface area contributed by atoms with Gasteiger partial charge in [0.25, 0.3) is 0 Å². The minimum atomic E-state index is 0.194. The molecular weight excluding hydrogens is 190 g/mol. The SMILES string of the molecule is OCCNCCc1ccc2nc[nH]c2c1. The Bertz CT molecular complexity index is 424. The number of imidazole rings is 1. The van der Waals surface area contributed by atoms with E-state index in [2.05, 4.69) is 27.4 Å². The van der Waals surface area contributed by atoms with Gasteiger partial charge in [-0.25, -0.2) is 4.98 Å². The molecule has 0 aliphatic rings. The highest BCUT2D eigenvalue weighted by atomic mass is 16.3. The highest BCUT2D eigenvalue weighted by Crippen LogP contribution is 2.11. The lowest BCUT2D eigenvalue weighted by molar-refractivity contribution is 0.293. The molecule has 1 aromatic carbocycles. The number of nitrogens with zero attached hydrogens (tertiary/aromatic N) is 1. The van der Waals surface area contributed by atoms with Crippen LogP contribution in [0.15, 0.2) is 24.5 Å². The number of aromatic nitrogens is 2. The van der Waals surface area contributed by atoms with Crippen molar-refractivity contribution in [3.8, 4) is 0 Å². The number of nitrogens with one attached hydrogen (secondary N) is 2.